The number of urea groups is 1. The molecule has 2 N–H and O–H groups in total. The van der Waals surface area contributed by atoms with Crippen molar-refractivity contribution in [1.82, 2.24) is 4.90 Å². The van der Waals surface area contributed by atoms with Gasteiger partial charge in [-0.1, -0.05) is 32.0 Å². The lowest BCUT2D eigenvalue weighted by Crippen LogP contribution is -2.38. The van der Waals surface area contributed by atoms with E-state index in [-0.39, 0.29) is 10.9 Å². The summed E-state index contributed by atoms with van der Waals surface area (Å²) in [6.45, 7) is 5.54. The van der Waals surface area contributed by atoms with Gasteiger partial charge in [0.25, 0.3) is 10.0 Å². The lowest BCUT2D eigenvalue weighted by Gasteiger charge is -2.26. The van der Waals surface area contributed by atoms with Gasteiger partial charge in [0.2, 0.25) is 0 Å². The summed E-state index contributed by atoms with van der Waals surface area (Å²) in [5.41, 5.74) is 3.19. The summed E-state index contributed by atoms with van der Waals surface area (Å²) >= 11 is 0. The van der Waals surface area contributed by atoms with Gasteiger partial charge < -0.3 is 10.2 Å². The van der Waals surface area contributed by atoms with Crippen LogP contribution in [0.3, 0.4) is 0 Å². The van der Waals surface area contributed by atoms with E-state index < -0.39 is 10.0 Å². The van der Waals surface area contributed by atoms with Gasteiger partial charge in [0.05, 0.1) is 10.6 Å². The number of amides is 2. The number of benzene rings is 2. The monoisotopic (exact) mass is 415 g/mol. The van der Waals surface area contributed by atoms with Crippen LogP contribution >= 0.6 is 0 Å². The Hall–Kier alpha value is -2.54. The number of hydrogen-bond acceptors (Lipinski definition) is 3. The van der Waals surface area contributed by atoms with Crippen molar-refractivity contribution in [3.63, 3.8) is 0 Å². The molecule has 2 aromatic rings. The normalized spacial score (nSPS) is 14.5. The highest BCUT2D eigenvalue weighted by Gasteiger charge is 2.19. The third-order valence-electron chi connectivity index (χ3n) is 5.29. The SMILES string of the molecule is CCc1cccc(CC)c1NS(=O)(=O)c1ccc(NC(=O)N2CCCCC2)cc1. The number of anilines is 2. The highest BCUT2D eigenvalue weighted by Crippen LogP contribution is 2.26. The lowest BCUT2D eigenvalue weighted by atomic mass is 10.0. The molecule has 156 valence electrons. The molecule has 2 aromatic carbocycles. The van der Waals surface area contributed by atoms with Gasteiger partial charge in [-0.2, -0.15) is 0 Å². The summed E-state index contributed by atoms with van der Waals surface area (Å²) in [7, 11) is -3.72. The maximum atomic E-state index is 12.9. The summed E-state index contributed by atoms with van der Waals surface area (Å²) in [5.74, 6) is 0. The molecule has 1 aliphatic rings. The molecule has 0 unspecified atom stereocenters. The Kier molecular flexibility index (Phi) is 6.79. The first-order valence-corrected chi connectivity index (χ1v) is 11.7. The summed E-state index contributed by atoms with van der Waals surface area (Å²) in [6.07, 6.45) is 4.69. The van der Waals surface area contributed by atoms with Gasteiger partial charge >= 0.3 is 6.03 Å². The van der Waals surface area contributed by atoms with E-state index in [1.54, 1.807) is 17.0 Å². The zero-order valence-electron chi connectivity index (χ0n) is 17.1. The molecule has 1 aliphatic heterocycles. The van der Waals surface area contributed by atoms with Crippen LogP contribution in [-0.2, 0) is 22.9 Å². The number of carbonyl (C=O) groups is 1. The lowest BCUT2D eigenvalue weighted by molar-refractivity contribution is 0.200. The minimum Gasteiger partial charge on any atom is -0.325 e. The van der Waals surface area contributed by atoms with E-state index in [9.17, 15) is 13.2 Å². The molecule has 1 heterocycles. The van der Waals surface area contributed by atoms with Crippen LogP contribution in [-0.4, -0.2) is 32.4 Å². The number of para-hydroxylation sites is 1. The number of sulfonamides is 1. The van der Waals surface area contributed by atoms with E-state index in [1.165, 1.54) is 12.1 Å². The van der Waals surface area contributed by atoms with E-state index >= 15 is 0 Å². The van der Waals surface area contributed by atoms with Gasteiger partial charge in [-0.25, -0.2) is 13.2 Å². The molecule has 29 heavy (non-hydrogen) atoms. The number of nitrogens with zero attached hydrogens (tertiary/aromatic N) is 1. The molecule has 1 fully saturated rings. The predicted molar refractivity (Wildman–Crippen MR) is 117 cm³/mol. The molecule has 0 aliphatic carbocycles. The second kappa shape index (κ2) is 9.31. The molecule has 6 nitrogen and oxygen atoms in total. The Labute approximate surface area is 173 Å². The van der Waals surface area contributed by atoms with E-state index in [0.29, 0.717) is 11.4 Å². The molecule has 7 heteroatoms. The van der Waals surface area contributed by atoms with Crippen LogP contribution in [0.25, 0.3) is 0 Å². The summed E-state index contributed by atoms with van der Waals surface area (Å²) in [4.78, 5) is 14.3. The molecule has 0 bridgehead atoms. The fraction of sp³-hybridized carbons (Fsp3) is 0.409. The minimum atomic E-state index is -3.72. The van der Waals surface area contributed by atoms with Crippen LogP contribution in [0.2, 0.25) is 0 Å². The third-order valence-corrected chi connectivity index (χ3v) is 6.66. The van der Waals surface area contributed by atoms with Crippen LogP contribution in [0.1, 0.15) is 44.2 Å². The number of likely N-dealkylation sites (tertiary alicyclic amines) is 1. The maximum absolute atomic E-state index is 12.9. The van der Waals surface area contributed by atoms with Crippen LogP contribution in [0.5, 0.6) is 0 Å². The Morgan fingerprint density at radius 1 is 0.931 bits per heavy atom. The molecule has 2 amide bonds. The molecular formula is C22H29N3O3S. The minimum absolute atomic E-state index is 0.136. The molecule has 1 saturated heterocycles. The van der Waals surface area contributed by atoms with Crippen molar-refractivity contribution in [3.05, 3.63) is 53.6 Å². The summed E-state index contributed by atoms with van der Waals surface area (Å²) < 4.78 is 28.6. The molecule has 0 spiro atoms. The Morgan fingerprint density at radius 2 is 1.52 bits per heavy atom. The Bertz CT molecular complexity index is 928. The van der Waals surface area contributed by atoms with Gasteiger partial charge in [-0.15, -0.1) is 0 Å². The van der Waals surface area contributed by atoms with Crippen LogP contribution in [0.4, 0.5) is 16.2 Å². The third kappa shape index (κ3) is 5.09. The molecule has 3 rings (SSSR count). The quantitative estimate of drug-likeness (QED) is 0.722. The number of aryl methyl sites for hydroxylation is 2. The van der Waals surface area contributed by atoms with Crippen molar-refractivity contribution in [3.8, 4) is 0 Å². The van der Waals surface area contributed by atoms with Crippen LogP contribution in [0.15, 0.2) is 47.4 Å². The van der Waals surface area contributed by atoms with Gasteiger partial charge in [0.15, 0.2) is 0 Å². The maximum Gasteiger partial charge on any atom is 0.321 e. The van der Waals surface area contributed by atoms with Gasteiger partial charge in [-0.3, -0.25) is 4.72 Å². The predicted octanol–water partition coefficient (Wildman–Crippen LogP) is 4.63. The van der Waals surface area contributed by atoms with Crippen molar-refractivity contribution in [2.75, 3.05) is 23.1 Å². The largest absolute Gasteiger partial charge is 0.325 e. The van der Waals surface area contributed by atoms with Crippen LogP contribution in [0, 0.1) is 0 Å². The zero-order chi connectivity index (χ0) is 20.9. The number of piperidine rings is 1. The summed E-state index contributed by atoms with van der Waals surface area (Å²) in [5, 5.41) is 2.85. The first kappa shape index (κ1) is 21.2. The molecule has 0 radical (unpaired) electrons. The molecule has 0 saturated carbocycles. The standard InChI is InChI=1S/C22H29N3O3S/c1-3-17-9-8-10-18(4-2)21(17)24-29(27,28)20-13-11-19(12-14-20)23-22(26)25-15-6-5-7-16-25/h8-14,24H,3-7,15-16H2,1-2H3,(H,23,26). The smallest absolute Gasteiger partial charge is 0.321 e. The summed E-state index contributed by atoms with van der Waals surface area (Å²) in [6, 6.07) is 12.0. The van der Waals surface area contributed by atoms with Crippen molar-refractivity contribution < 1.29 is 13.2 Å². The molecule has 0 atom stereocenters. The highest BCUT2D eigenvalue weighted by molar-refractivity contribution is 7.92. The average molecular weight is 416 g/mol. The number of hydrogen-bond donors (Lipinski definition) is 2. The van der Waals surface area contributed by atoms with Crippen molar-refractivity contribution in [1.29, 1.82) is 0 Å². The van der Waals surface area contributed by atoms with E-state index in [2.05, 4.69) is 10.0 Å². The molecule has 0 aromatic heterocycles. The van der Waals surface area contributed by atoms with Crippen LogP contribution < -0.4 is 10.0 Å². The first-order valence-electron chi connectivity index (χ1n) is 10.2. The van der Waals surface area contributed by atoms with Gasteiger partial charge in [-0.05, 0) is 67.5 Å². The topological polar surface area (TPSA) is 78.5 Å². The zero-order valence-corrected chi connectivity index (χ0v) is 17.9. The number of nitrogens with one attached hydrogen (secondary N) is 2. The molecular weight excluding hydrogens is 386 g/mol. The average Bonchev–Trinajstić information content (AvgIpc) is 2.74. The first-order chi connectivity index (χ1) is 13.9. The van der Waals surface area contributed by atoms with Gasteiger partial charge in [0, 0.05) is 18.8 Å². The Morgan fingerprint density at radius 3 is 2.07 bits per heavy atom. The van der Waals surface area contributed by atoms with Gasteiger partial charge in [0.1, 0.15) is 0 Å². The van der Waals surface area contributed by atoms with Crippen molar-refractivity contribution in [2.24, 2.45) is 0 Å². The van der Waals surface area contributed by atoms with Crippen molar-refractivity contribution in [2.45, 2.75) is 50.8 Å². The number of rotatable bonds is 6. The fourth-order valence-electron chi connectivity index (χ4n) is 3.58. The second-order valence-corrected chi connectivity index (χ2v) is 8.95. The number of carbonyl (C=O) groups excluding carboxylic acids is 1. The highest BCUT2D eigenvalue weighted by atomic mass is 32.2. The second-order valence-electron chi connectivity index (χ2n) is 7.27. The van der Waals surface area contributed by atoms with E-state index in [0.717, 1.165) is 56.3 Å². The Balaban J connectivity index is 1.74. The fourth-order valence-corrected chi connectivity index (χ4v) is 4.73. The van der Waals surface area contributed by atoms with E-state index in [1.807, 2.05) is 32.0 Å². The van der Waals surface area contributed by atoms with E-state index in [4.69, 9.17) is 0 Å². The van der Waals surface area contributed by atoms with Crippen molar-refractivity contribution >= 4 is 27.4 Å².